The van der Waals surface area contributed by atoms with Crippen LogP contribution in [0, 0.1) is 0 Å². The molecule has 0 saturated carbocycles. The number of hydrogen-bond donors (Lipinski definition) is 0. The molecule has 4 aromatic rings. The quantitative estimate of drug-likeness (QED) is 0.372. The van der Waals surface area contributed by atoms with Crippen molar-refractivity contribution < 1.29 is 9.53 Å². The van der Waals surface area contributed by atoms with Crippen molar-refractivity contribution in [2.75, 3.05) is 7.11 Å². The molecule has 0 bridgehead atoms. The Morgan fingerprint density at radius 2 is 1.54 bits per heavy atom. The maximum Gasteiger partial charge on any atom is 0.151 e. The van der Waals surface area contributed by atoms with Gasteiger partial charge in [-0.25, -0.2) is 0 Å². The molecule has 0 spiro atoms. The normalized spacial score (nSPS) is 11.2. The van der Waals surface area contributed by atoms with Crippen LogP contribution in [0.1, 0.15) is 31.2 Å². The van der Waals surface area contributed by atoms with Gasteiger partial charge in [0.05, 0.1) is 7.11 Å². The third-order valence-electron chi connectivity index (χ3n) is 3.86. The number of carbonyl (C=O) groups is 1. The minimum absolute atomic E-state index is 0.821. The largest absolute Gasteiger partial charge is 0.496 e. The zero-order chi connectivity index (χ0) is 16.5. The Morgan fingerprint density at radius 3 is 2.21 bits per heavy atom. The van der Waals surface area contributed by atoms with Crippen molar-refractivity contribution in [1.82, 2.24) is 0 Å². The van der Waals surface area contributed by atoms with E-state index in [0.29, 0.717) is 0 Å². The third kappa shape index (κ3) is 3.07. The van der Waals surface area contributed by atoms with Gasteiger partial charge in [0.25, 0.3) is 0 Å². The highest BCUT2D eigenvalue weighted by Gasteiger charge is 2.12. The predicted molar refractivity (Wildman–Crippen MR) is 106 cm³/mol. The van der Waals surface area contributed by atoms with Gasteiger partial charge in [-0.3, -0.25) is 4.79 Å². The lowest BCUT2D eigenvalue weighted by Crippen LogP contribution is -1.87. The van der Waals surface area contributed by atoms with Crippen LogP contribution in [-0.2, 0) is 12.8 Å². The second kappa shape index (κ2) is 6.80. The fourth-order valence-electron chi connectivity index (χ4n) is 2.69. The average molecular weight is 391 g/mol. The second-order valence-electron chi connectivity index (χ2n) is 5.44. The average Bonchev–Trinajstić information content (AvgIpc) is 3.31. The van der Waals surface area contributed by atoms with E-state index in [1.54, 1.807) is 29.8 Å². The standard InChI is InChI=1S/C18H14O2S4/c1-20-16-10-22-8-12(16)3-15-5-18-17(24-15)4-14(23-18)2-11-7-21-9-13(11)6-19/h4-10H,2-3H2,1H3. The molecule has 0 radical (unpaired) electrons. The molecule has 0 N–H and O–H groups in total. The number of methoxy groups -OCH3 is 1. The summed E-state index contributed by atoms with van der Waals surface area (Å²) in [7, 11) is 1.73. The monoisotopic (exact) mass is 390 g/mol. The Hall–Kier alpha value is -1.47. The molecule has 2 nitrogen and oxygen atoms in total. The van der Waals surface area contributed by atoms with Crippen LogP contribution < -0.4 is 4.74 Å². The summed E-state index contributed by atoms with van der Waals surface area (Å²) in [4.78, 5) is 13.7. The van der Waals surface area contributed by atoms with Gasteiger partial charge < -0.3 is 4.74 Å². The van der Waals surface area contributed by atoms with E-state index in [-0.39, 0.29) is 0 Å². The Kier molecular flexibility index (Phi) is 4.54. The van der Waals surface area contributed by atoms with Crippen molar-refractivity contribution in [3.63, 3.8) is 0 Å². The Bertz CT molecular complexity index is 954. The molecule has 24 heavy (non-hydrogen) atoms. The van der Waals surface area contributed by atoms with Crippen LogP contribution in [0.2, 0.25) is 0 Å². The van der Waals surface area contributed by atoms with Crippen molar-refractivity contribution in [3.8, 4) is 5.75 Å². The molecule has 0 aliphatic rings. The molecule has 4 heterocycles. The summed E-state index contributed by atoms with van der Waals surface area (Å²) in [6.45, 7) is 0. The number of rotatable bonds is 6. The van der Waals surface area contributed by atoms with Gasteiger partial charge in [-0.15, -0.1) is 34.0 Å². The SMILES string of the molecule is COc1cscc1Cc1cc2sc(Cc3cscc3C=O)cc2s1. The van der Waals surface area contributed by atoms with E-state index < -0.39 is 0 Å². The maximum absolute atomic E-state index is 11.1. The number of hydrogen-bond acceptors (Lipinski definition) is 6. The van der Waals surface area contributed by atoms with Crippen molar-refractivity contribution >= 4 is 61.0 Å². The van der Waals surface area contributed by atoms with E-state index in [9.17, 15) is 4.79 Å². The van der Waals surface area contributed by atoms with Crippen molar-refractivity contribution in [3.05, 3.63) is 60.1 Å². The van der Waals surface area contributed by atoms with Crippen molar-refractivity contribution in [2.24, 2.45) is 0 Å². The van der Waals surface area contributed by atoms with Crippen molar-refractivity contribution in [2.45, 2.75) is 12.8 Å². The molecule has 0 aromatic carbocycles. The number of fused-ring (bicyclic) bond motifs is 1. The summed E-state index contributed by atoms with van der Waals surface area (Å²) in [6, 6.07) is 4.56. The van der Waals surface area contributed by atoms with Crippen LogP contribution in [0.25, 0.3) is 9.40 Å². The minimum Gasteiger partial charge on any atom is -0.496 e. The lowest BCUT2D eigenvalue weighted by molar-refractivity contribution is 0.112. The summed E-state index contributed by atoms with van der Waals surface area (Å²) in [5, 5.41) is 8.21. The first kappa shape index (κ1) is 16.0. The van der Waals surface area contributed by atoms with E-state index in [1.165, 1.54) is 24.7 Å². The van der Waals surface area contributed by atoms with Crippen LogP contribution in [-0.4, -0.2) is 13.4 Å². The first-order chi connectivity index (χ1) is 11.8. The highest BCUT2D eigenvalue weighted by Crippen LogP contribution is 2.37. The molecule has 0 aliphatic carbocycles. The highest BCUT2D eigenvalue weighted by atomic mass is 32.1. The van der Waals surface area contributed by atoms with Gasteiger partial charge in [0.15, 0.2) is 6.29 Å². The molecule has 0 unspecified atom stereocenters. The fraction of sp³-hybridized carbons (Fsp3) is 0.167. The summed E-state index contributed by atoms with van der Waals surface area (Å²) in [5.41, 5.74) is 3.21. The molecule has 4 rings (SSSR count). The second-order valence-corrected chi connectivity index (χ2v) is 9.27. The zero-order valence-electron chi connectivity index (χ0n) is 12.9. The lowest BCUT2D eigenvalue weighted by Gasteiger charge is -2.00. The number of ether oxygens (including phenoxy) is 1. The van der Waals surface area contributed by atoms with E-state index >= 15 is 0 Å². The lowest BCUT2D eigenvalue weighted by atomic mass is 10.1. The van der Waals surface area contributed by atoms with Crippen LogP contribution in [0.15, 0.2) is 33.7 Å². The molecule has 0 fully saturated rings. The highest BCUT2D eigenvalue weighted by molar-refractivity contribution is 7.27. The predicted octanol–water partition coefficient (Wildman–Crippen LogP) is 6.09. The summed E-state index contributed by atoms with van der Waals surface area (Å²) in [6.07, 6.45) is 2.72. The first-order valence-corrected chi connectivity index (χ1v) is 10.9. The van der Waals surface area contributed by atoms with E-state index in [4.69, 9.17) is 4.74 Å². The molecule has 122 valence electrons. The van der Waals surface area contributed by atoms with Gasteiger partial charge in [0.1, 0.15) is 5.75 Å². The van der Waals surface area contributed by atoms with Crippen LogP contribution >= 0.6 is 45.3 Å². The molecule has 0 saturated heterocycles. The van der Waals surface area contributed by atoms with Gasteiger partial charge in [0.2, 0.25) is 0 Å². The summed E-state index contributed by atoms with van der Waals surface area (Å²) in [5.74, 6) is 0.983. The van der Waals surface area contributed by atoms with E-state index in [1.807, 2.05) is 28.1 Å². The fourth-order valence-corrected chi connectivity index (χ4v) is 6.79. The summed E-state index contributed by atoms with van der Waals surface area (Å²) >= 11 is 6.95. The Balaban J connectivity index is 1.55. The van der Waals surface area contributed by atoms with Crippen LogP contribution in [0.3, 0.4) is 0 Å². The smallest absolute Gasteiger partial charge is 0.151 e. The maximum atomic E-state index is 11.1. The topological polar surface area (TPSA) is 26.3 Å². The van der Waals surface area contributed by atoms with Gasteiger partial charge >= 0.3 is 0 Å². The first-order valence-electron chi connectivity index (χ1n) is 7.37. The summed E-state index contributed by atoms with van der Waals surface area (Å²) < 4.78 is 8.07. The molecular formula is C18H14O2S4. The van der Waals surface area contributed by atoms with Gasteiger partial charge in [0, 0.05) is 53.9 Å². The van der Waals surface area contributed by atoms with E-state index in [2.05, 4.69) is 28.3 Å². The van der Waals surface area contributed by atoms with Gasteiger partial charge in [-0.1, -0.05) is 0 Å². The number of carbonyl (C=O) groups excluding carboxylic acids is 1. The molecule has 0 atom stereocenters. The van der Waals surface area contributed by atoms with Crippen molar-refractivity contribution in [1.29, 1.82) is 0 Å². The number of aldehydes is 1. The number of thiophene rings is 4. The molecule has 4 aromatic heterocycles. The molecule has 0 amide bonds. The van der Waals surface area contributed by atoms with Gasteiger partial charge in [-0.2, -0.15) is 11.3 Å². The molecule has 6 heteroatoms. The molecule has 0 aliphatic heterocycles. The zero-order valence-corrected chi connectivity index (χ0v) is 16.2. The van der Waals surface area contributed by atoms with Gasteiger partial charge in [-0.05, 0) is 28.5 Å². The van der Waals surface area contributed by atoms with Crippen LogP contribution in [0.5, 0.6) is 5.75 Å². The third-order valence-corrected chi connectivity index (χ3v) is 7.74. The Morgan fingerprint density at radius 1 is 0.917 bits per heavy atom. The van der Waals surface area contributed by atoms with E-state index in [0.717, 1.165) is 36.0 Å². The van der Waals surface area contributed by atoms with Crippen LogP contribution in [0.4, 0.5) is 0 Å². The molecular weight excluding hydrogens is 376 g/mol. The Labute approximate surface area is 156 Å². The minimum atomic E-state index is 0.821.